The van der Waals surface area contributed by atoms with Gasteiger partial charge in [-0.2, -0.15) is 0 Å². The molecule has 1 aromatic heterocycles. The summed E-state index contributed by atoms with van der Waals surface area (Å²) < 4.78 is 0. The van der Waals surface area contributed by atoms with Crippen LogP contribution in [0.3, 0.4) is 0 Å². The van der Waals surface area contributed by atoms with Crippen LogP contribution >= 0.6 is 0 Å². The number of aliphatic carboxylic acids is 2. The van der Waals surface area contributed by atoms with Crippen LogP contribution in [0, 0.1) is 0 Å². The molecule has 14 nitrogen and oxygen atoms in total. The normalized spacial score (nSPS) is 14.3. The average molecular weight is 484 g/mol. The lowest BCUT2D eigenvalue weighted by molar-refractivity contribution is -0.142. The fraction of sp³-hybridized carbons (Fsp3) is 0.600. The zero-order valence-corrected chi connectivity index (χ0v) is 19.0. The van der Waals surface area contributed by atoms with Gasteiger partial charge < -0.3 is 42.6 Å². The Morgan fingerprint density at radius 3 is 2.24 bits per heavy atom. The van der Waals surface area contributed by atoms with Gasteiger partial charge in [0.15, 0.2) is 0 Å². The minimum absolute atomic E-state index is 0.00843. The number of hydrogen-bond donors (Lipinski definition) is 8. The number of hydrogen-bond acceptors (Lipinski definition) is 8. The first kappa shape index (κ1) is 28.5. The van der Waals surface area contributed by atoms with Crippen LogP contribution in [0.1, 0.15) is 44.7 Å². The number of carbonyl (C=O) groups is 5. The van der Waals surface area contributed by atoms with Crippen LogP contribution < -0.4 is 27.4 Å². The van der Waals surface area contributed by atoms with Gasteiger partial charge in [-0.3, -0.25) is 19.2 Å². The van der Waals surface area contributed by atoms with Gasteiger partial charge in [0.05, 0.1) is 12.4 Å². The van der Waals surface area contributed by atoms with E-state index in [9.17, 15) is 29.1 Å². The fourth-order valence-corrected chi connectivity index (χ4v) is 2.94. The molecule has 1 rings (SSSR count). The fourth-order valence-electron chi connectivity index (χ4n) is 2.94. The van der Waals surface area contributed by atoms with Crippen LogP contribution in [0.4, 0.5) is 0 Å². The van der Waals surface area contributed by atoms with Gasteiger partial charge in [0.2, 0.25) is 17.7 Å². The molecule has 3 amide bonds. The summed E-state index contributed by atoms with van der Waals surface area (Å²) >= 11 is 0. The molecule has 0 fully saturated rings. The lowest BCUT2D eigenvalue weighted by Gasteiger charge is -2.23. The lowest BCUT2D eigenvalue weighted by atomic mass is 10.1. The molecule has 0 radical (unpaired) electrons. The predicted octanol–water partition coefficient (Wildman–Crippen LogP) is -2.17. The van der Waals surface area contributed by atoms with E-state index >= 15 is 0 Å². The third-order valence-electron chi connectivity index (χ3n) is 4.93. The van der Waals surface area contributed by atoms with E-state index in [1.54, 1.807) is 0 Å². The van der Waals surface area contributed by atoms with Crippen molar-refractivity contribution >= 4 is 29.7 Å². The number of carboxylic acids is 2. The highest BCUT2D eigenvalue weighted by Gasteiger charge is 2.29. The monoisotopic (exact) mass is 483 g/mol. The Bertz CT molecular complexity index is 831. The summed E-state index contributed by atoms with van der Waals surface area (Å²) in [6.45, 7) is 1.76. The maximum atomic E-state index is 12.8. The number of rotatable bonds is 16. The number of unbranched alkanes of at least 4 members (excludes halogenated alkanes) is 1. The molecule has 4 atom stereocenters. The zero-order chi connectivity index (χ0) is 25.7. The van der Waals surface area contributed by atoms with Crippen LogP contribution in [0.15, 0.2) is 12.5 Å². The standard InChI is InChI=1S/C20H33N7O7/c1-11(25-18(31)13(22)5-6-16(28)29)17(30)27-15(8-12-9-23-10-24-12)19(32)26-14(20(33)34)4-2-3-7-21/h9-11,13-15H,2-8,21-22H2,1H3,(H,23,24)(H,25,31)(H,26,32)(H,27,30)(H,28,29)(H,33,34). The van der Waals surface area contributed by atoms with Crippen molar-refractivity contribution in [3.05, 3.63) is 18.2 Å². The second-order valence-electron chi connectivity index (χ2n) is 7.80. The molecule has 0 aliphatic rings. The number of carbonyl (C=O) groups excluding carboxylic acids is 3. The molecule has 0 spiro atoms. The van der Waals surface area contributed by atoms with Gasteiger partial charge in [-0.05, 0) is 39.2 Å². The van der Waals surface area contributed by atoms with E-state index in [1.165, 1.54) is 19.4 Å². The number of nitrogens with zero attached hydrogens (tertiary/aromatic N) is 1. The molecule has 0 bridgehead atoms. The molecule has 14 heteroatoms. The molecule has 1 aromatic rings. The van der Waals surface area contributed by atoms with E-state index in [0.29, 0.717) is 25.1 Å². The third kappa shape index (κ3) is 10.4. The topological polar surface area (TPSA) is 243 Å². The van der Waals surface area contributed by atoms with Crippen molar-refractivity contribution < 1.29 is 34.2 Å². The first-order valence-corrected chi connectivity index (χ1v) is 10.8. The maximum absolute atomic E-state index is 12.8. The van der Waals surface area contributed by atoms with Gasteiger partial charge >= 0.3 is 11.9 Å². The molecular weight excluding hydrogens is 450 g/mol. The molecule has 190 valence electrons. The van der Waals surface area contributed by atoms with E-state index in [-0.39, 0.29) is 25.7 Å². The zero-order valence-electron chi connectivity index (χ0n) is 19.0. The number of carboxylic acid groups (broad SMARTS) is 2. The predicted molar refractivity (Wildman–Crippen MR) is 119 cm³/mol. The van der Waals surface area contributed by atoms with Gasteiger partial charge in [0.25, 0.3) is 0 Å². The minimum Gasteiger partial charge on any atom is -0.481 e. The van der Waals surface area contributed by atoms with Crippen LogP contribution in [0.5, 0.6) is 0 Å². The highest BCUT2D eigenvalue weighted by molar-refractivity contribution is 5.94. The second kappa shape index (κ2) is 14.6. The minimum atomic E-state index is -1.21. The van der Waals surface area contributed by atoms with Crippen molar-refractivity contribution in [2.24, 2.45) is 11.5 Å². The quantitative estimate of drug-likeness (QED) is 0.118. The molecule has 0 saturated heterocycles. The molecule has 34 heavy (non-hydrogen) atoms. The largest absolute Gasteiger partial charge is 0.481 e. The smallest absolute Gasteiger partial charge is 0.326 e. The number of nitrogens with one attached hydrogen (secondary N) is 4. The summed E-state index contributed by atoms with van der Waals surface area (Å²) in [6, 6.07) is -4.55. The number of aromatic amines is 1. The SMILES string of the molecule is CC(NC(=O)C(N)CCC(=O)O)C(=O)NC(Cc1cnc[nH]1)C(=O)NC(CCCCN)C(=O)O. The van der Waals surface area contributed by atoms with Crippen molar-refractivity contribution in [1.29, 1.82) is 0 Å². The van der Waals surface area contributed by atoms with E-state index in [0.717, 1.165) is 0 Å². The molecule has 4 unspecified atom stereocenters. The summed E-state index contributed by atoms with van der Waals surface area (Å²) in [7, 11) is 0. The molecule has 10 N–H and O–H groups in total. The highest BCUT2D eigenvalue weighted by Crippen LogP contribution is 2.05. The van der Waals surface area contributed by atoms with Gasteiger partial charge in [-0.1, -0.05) is 0 Å². The summed E-state index contributed by atoms with van der Waals surface area (Å²) in [5.74, 6) is -4.48. The highest BCUT2D eigenvalue weighted by atomic mass is 16.4. The maximum Gasteiger partial charge on any atom is 0.326 e. The molecular formula is C20H33N7O7. The summed E-state index contributed by atoms with van der Waals surface area (Å²) in [5, 5.41) is 25.4. The van der Waals surface area contributed by atoms with E-state index in [4.69, 9.17) is 16.6 Å². The number of imidazole rings is 1. The van der Waals surface area contributed by atoms with Crippen molar-refractivity contribution in [2.45, 2.75) is 69.6 Å². The Hall–Kier alpha value is -3.52. The van der Waals surface area contributed by atoms with E-state index < -0.39 is 53.8 Å². The average Bonchev–Trinajstić information content (AvgIpc) is 3.29. The first-order valence-electron chi connectivity index (χ1n) is 10.8. The Morgan fingerprint density at radius 2 is 1.68 bits per heavy atom. The Labute approximate surface area is 196 Å². The molecule has 0 aromatic carbocycles. The Morgan fingerprint density at radius 1 is 1.00 bits per heavy atom. The van der Waals surface area contributed by atoms with E-state index in [1.807, 2.05) is 0 Å². The van der Waals surface area contributed by atoms with Crippen molar-refractivity contribution in [2.75, 3.05) is 6.54 Å². The Kier molecular flexibility index (Phi) is 12.2. The number of aromatic nitrogens is 2. The van der Waals surface area contributed by atoms with Gasteiger partial charge in [-0.25, -0.2) is 9.78 Å². The van der Waals surface area contributed by atoms with Crippen molar-refractivity contribution in [3.8, 4) is 0 Å². The van der Waals surface area contributed by atoms with Crippen molar-refractivity contribution in [1.82, 2.24) is 25.9 Å². The summed E-state index contributed by atoms with van der Waals surface area (Å²) in [6.07, 6.45) is 3.68. The second-order valence-corrected chi connectivity index (χ2v) is 7.80. The summed E-state index contributed by atoms with van der Waals surface area (Å²) in [4.78, 5) is 66.4. The van der Waals surface area contributed by atoms with Gasteiger partial charge in [-0.15, -0.1) is 0 Å². The van der Waals surface area contributed by atoms with E-state index in [2.05, 4.69) is 25.9 Å². The van der Waals surface area contributed by atoms with Crippen LogP contribution in [0.25, 0.3) is 0 Å². The molecule has 0 aliphatic heterocycles. The first-order chi connectivity index (χ1) is 16.0. The Balaban J connectivity index is 2.82. The molecule has 0 saturated carbocycles. The molecule has 0 aliphatic carbocycles. The third-order valence-corrected chi connectivity index (χ3v) is 4.93. The van der Waals surface area contributed by atoms with Gasteiger partial charge in [0, 0.05) is 24.7 Å². The van der Waals surface area contributed by atoms with Crippen LogP contribution in [0.2, 0.25) is 0 Å². The van der Waals surface area contributed by atoms with Gasteiger partial charge in [0.1, 0.15) is 18.1 Å². The molecule has 1 heterocycles. The summed E-state index contributed by atoms with van der Waals surface area (Å²) in [5.41, 5.74) is 11.6. The number of H-pyrrole nitrogens is 1. The number of nitrogens with two attached hydrogens (primary N) is 2. The van der Waals surface area contributed by atoms with Crippen LogP contribution in [-0.4, -0.2) is 80.6 Å². The van der Waals surface area contributed by atoms with Crippen LogP contribution in [-0.2, 0) is 30.4 Å². The van der Waals surface area contributed by atoms with Crippen molar-refractivity contribution in [3.63, 3.8) is 0 Å². The lowest BCUT2D eigenvalue weighted by Crippen LogP contribution is -2.57. The number of amides is 3.